The fraction of sp³-hybridized carbons (Fsp3) is 0.300. The highest BCUT2D eigenvalue weighted by Crippen LogP contribution is 2.43. The summed E-state index contributed by atoms with van der Waals surface area (Å²) in [5.41, 5.74) is 2.84. The van der Waals surface area contributed by atoms with E-state index < -0.39 is 30.5 Å². The Morgan fingerprint density at radius 2 is 1.89 bits per heavy atom. The summed E-state index contributed by atoms with van der Waals surface area (Å²) in [6, 6.07) is 12.1. The lowest BCUT2D eigenvalue weighted by molar-refractivity contribution is -0.323. The van der Waals surface area contributed by atoms with Crippen LogP contribution in [0.25, 0.3) is 22.5 Å². The summed E-state index contributed by atoms with van der Waals surface area (Å²) < 4.78 is 72.1. The predicted molar refractivity (Wildman–Crippen MR) is 147 cm³/mol. The van der Waals surface area contributed by atoms with E-state index in [0.29, 0.717) is 22.5 Å². The number of carbonyl (C=O) groups excluding carboxylic acids is 1. The maximum Gasteiger partial charge on any atom is 0.522 e. The minimum absolute atomic E-state index is 0.0504. The molecule has 0 spiro atoms. The molecule has 14 heteroatoms. The average Bonchev–Trinajstić information content (AvgIpc) is 3.68. The molecular formula is C30H24F5N7O2. The SMILES string of the molecule is Cn1cnnc1-c1cc(C#N)ccc1-c1cc(C2CC2)nc(N2Cc3c(cc(CNCCOC(F)(F)F)c(F)c3F)C2=O)c1. The summed E-state index contributed by atoms with van der Waals surface area (Å²) in [6.07, 6.45) is -1.43. The molecule has 2 aromatic carbocycles. The van der Waals surface area contributed by atoms with Gasteiger partial charge in [-0.25, -0.2) is 13.8 Å². The number of nitrogens with one attached hydrogen (secondary N) is 1. The van der Waals surface area contributed by atoms with Crippen molar-refractivity contribution in [1.82, 2.24) is 25.1 Å². The van der Waals surface area contributed by atoms with Gasteiger partial charge in [0.2, 0.25) is 0 Å². The van der Waals surface area contributed by atoms with E-state index in [4.69, 9.17) is 4.98 Å². The standard InChI is InChI=1S/C30H24F5N7O2/c1-41-15-38-40-28(41)21-8-16(12-36)2-5-20(21)18-10-24(17-3-4-17)39-25(11-18)42-14-23-22(29(42)43)9-19(26(31)27(23)32)13-37-6-7-44-30(33,34)35/h2,5,8-11,15,17,37H,3-4,6-7,13-14H2,1H3. The molecule has 1 aliphatic heterocycles. The van der Waals surface area contributed by atoms with Crippen molar-refractivity contribution >= 4 is 11.7 Å². The number of anilines is 1. The van der Waals surface area contributed by atoms with Crippen LogP contribution in [0.2, 0.25) is 0 Å². The molecule has 0 atom stereocenters. The third-order valence-corrected chi connectivity index (χ3v) is 7.55. The van der Waals surface area contributed by atoms with Gasteiger partial charge in [0, 0.05) is 54.0 Å². The topological polar surface area (TPSA) is 109 Å². The summed E-state index contributed by atoms with van der Waals surface area (Å²) in [4.78, 5) is 19.6. The van der Waals surface area contributed by atoms with Crippen molar-refractivity contribution in [2.24, 2.45) is 7.05 Å². The fourth-order valence-electron chi connectivity index (χ4n) is 5.21. The van der Waals surface area contributed by atoms with E-state index in [2.05, 4.69) is 26.3 Å². The van der Waals surface area contributed by atoms with Gasteiger partial charge in [-0.2, -0.15) is 5.26 Å². The van der Waals surface area contributed by atoms with E-state index in [1.165, 1.54) is 11.0 Å². The Bertz CT molecular complexity index is 1810. The molecule has 0 bridgehead atoms. The number of benzene rings is 2. The molecule has 0 unspecified atom stereocenters. The second-order valence-corrected chi connectivity index (χ2v) is 10.6. The van der Waals surface area contributed by atoms with Gasteiger partial charge in [-0.15, -0.1) is 23.4 Å². The monoisotopic (exact) mass is 609 g/mol. The van der Waals surface area contributed by atoms with Crippen molar-refractivity contribution in [1.29, 1.82) is 5.26 Å². The van der Waals surface area contributed by atoms with Crippen LogP contribution >= 0.6 is 0 Å². The first-order chi connectivity index (χ1) is 21.0. The van der Waals surface area contributed by atoms with Gasteiger partial charge in [-0.05, 0) is 54.3 Å². The number of carbonyl (C=O) groups is 1. The van der Waals surface area contributed by atoms with Crippen molar-refractivity contribution in [3.63, 3.8) is 0 Å². The van der Waals surface area contributed by atoms with Crippen LogP contribution in [0.1, 0.15) is 51.5 Å². The van der Waals surface area contributed by atoms with Crippen LogP contribution in [0.5, 0.6) is 0 Å². The molecule has 226 valence electrons. The van der Waals surface area contributed by atoms with Crippen molar-refractivity contribution in [3.05, 3.63) is 82.3 Å². The number of nitriles is 1. The minimum atomic E-state index is -4.80. The molecule has 1 aliphatic carbocycles. The molecule has 1 saturated carbocycles. The molecule has 9 nitrogen and oxygen atoms in total. The van der Waals surface area contributed by atoms with Crippen molar-refractivity contribution in [2.75, 3.05) is 18.1 Å². The van der Waals surface area contributed by atoms with Crippen LogP contribution in [0.15, 0.2) is 42.7 Å². The Morgan fingerprint density at radius 1 is 1.09 bits per heavy atom. The zero-order valence-electron chi connectivity index (χ0n) is 23.3. The van der Waals surface area contributed by atoms with Crippen molar-refractivity contribution in [3.8, 4) is 28.6 Å². The molecule has 44 heavy (non-hydrogen) atoms. The number of aromatic nitrogens is 4. The Labute approximate surface area is 247 Å². The fourth-order valence-corrected chi connectivity index (χ4v) is 5.21. The lowest BCUT2D eigenvalue weighted by Crippen LogP contribution is -2.25. The molecule has 0 radical (unpaired) electrons. The van der Waals surface area contributed by atoms with E-state index in [1.807, 2.05) is 6.07 Å². The van der Waals surface area contributed by atoms with Gasteiger partial charge >= 0.3 is 6.36 Å². The lowest BCUT2D eigenvalue weighted by Gasteiger charge is -2.18. The minimum Gasteiger partial charge on any atom is -0.317 e. The van der Waals surface area contributed by atoms with Gasteiger partial charge in [-0.3, -0.25) is 14.4 Å². The summed E-state index contributed by atoms with van der Waals surface area (Å²) in [5.74, 6) is -2.01. The third kappa shape index (κ3) is 5.76. The predicted octanol–water partition coefficient (Wildman–Crippen LogP) is 5.36. The summed E-state index contributed by atoms with van der Waals surface area (Å²) in [7, 11) is 1.78. The quantitative estimate of drug-likeness (QED) is 0.201. The number of rotatable bonds is 9. The molecule has 1 amide bonds. The number of nitrogens with zero attached hydrogens (tertiary/aromatic N) is 6. The highest BCUT2D eigenvalue weighted by atomic mass is 19.4. The number of aryl methyl sites for hydroxylation is 1. The largest absolute Gasteiger partial charge is 0.522 e. The smallest absolute Gasteiger partial charge is 0.317 e. The Hall–Kier alpha value is -4.74. The van der Waals surface area contributed by atoms with Gasteiger partial charge in [0.15, 0.2) is 17.5 Å². The average molecular weight is 610 g/mol. The van der Waals surface area contributed by atoms with Crippen LogP contribution in [-0.2, 0) is 24.9 Å². The van der Waals surface area contributed by atoms with Crippen LogP contribution < -0.4 is 10.2 Å². The maximum atomic E-state index is 15.2. The highest BCUT2D eigenvalue weighted by Gasteiger charge is 2.36. The van der Waals surface area contributed by atoms with Crippen molar-refractivity contribution < 1.29 is 31.5 Å². The second-order valence-electron chi connectivity index (χ2n) is 10.6. The zero-order chi connectivity index (χ0) is 31.2. The molecule has 3 heterocycles. The van der Waals surface area contributed by atoms with E-state index in [1.54, 1.807) is 42.2 Å². The van der Waals surface area contributed by atoms with Gasteiger partial charge in [-0.1, -0.05) is 6.07 Å². The van der Waals surface area contributed by atoms with Crippen LogP contribution in [0.4, 0.5) is 27.8 Å². The van der Waals surface area contributed by atoms with Crippen LogP contribution in [-0.4, -0.2) is 45.2 Å². The molecule has 1 fully saturated rings. The number of hydrogen-bond donors (Lipinski definition) is 1. The molecule has 2 aromatic heterocycles. The first-order valence-corrected chi connectivity index (χ1v) is 13.7. The van der Waals surface area contributed by atoms with Gasteiger partial charge in [0.05, 0.1) is 24.8 Å². The molecular weight excluding hydrogens is 585 g/mol. The first-order valence-electron chi connectivity index (χ1n) is 13.7. The number of ether oxygens (including phenoxy) is 1. The number of halogens is 5. The van der Waals surface area contributed by atoms with Crippen molar-refractivity contribution in [2.45, 2.75) is 38.2 Å². The van der Waals surface area contributed by atoms with Gasteiger partial charge in [0.25, 0.3) is 5.91 Å². The zero-order valence-corrected chi connectivity index (χ0v) is 23.3. The highest BCUT2D eigenvalue weighted by molar-refractivity contribution is 6.10. The molecule has 6 rings (SSSR count). The first kappa shape index (κ1) is 29.3. The van der Waals surface area contributed by atoms with Gasteiger partial charge < -0.3 is 9.88 Å². The normalized spacial score (nSPS) is 14.7. The van der Waals surface area contributed by atoms with E-state index in [-0.39, 0.29) is 48.1 Å². The Morgan fingerprint density at radius 3 is 2.57 bits per heavy atom. The number of alkyl halides is 3. The second kappa shape index (κ2) is 11.4. The molecule has 1 N–H and O–H groups in total. The number of amides is 1. The molecule has 4 aromatic rings. The van der Waals surface area contributed by atoms with E-state index in [9.17, 15) is 27.6 Å². The van der Waals surface area contributed by atoms with Crippen LogP contribution in [0, 0.1) is 23.0 Å². The maximum absolute atomic E-state index is 15.2. The Balaban J connectivity index is 1.33. The third-order valence-electron chi connectivity index (χ3n) is 7.55. The lowest BCUT2D eigenvalue weighted by atomic mass is 9.96. The molecule has 0 saturated heterocycles. The summed E-state index contributed by atoms with van der Waals surface area (Å²) in [5, 5.41) is 20.3. The number of fused-ring (bicyclic) bond motifs is 1. The Kier molecular flexibility index (Phi) is 7.60. The summed E-state index contributed by atoms with van der Waals surface area (Å²) in [6.45, 7) is -1.56. The van der Waals surface area contributed by atoms with E-state index in [0.717, 1.165) is 24.1 Å². The number of hydrogen-bond acceptors (Lipinski definition) is 7. The van der Waals surface area contributed by atoms with E-state index >= 15 is 4.39 Å². The number of pyridine rings is 1. The summed E-state index contributed by atoms with van der Waals surface area (Å²) >= 11 is 0. The van der Waals surface area contributed by atoms with Gasteiger partial charge in [0.1, 0.15) is 12.1 Å². The van der Waals surface area contributed by atoms with Crippen LogP contribution in [0.3, 0.4) is 0 Å². The molecule has 2 aliphatic rings.